The van der Waals surface area contributed by atoms with Gasteiger partial charge in [0.05, 0.1) is 6.26 Å². The number of hydrogen-bond donors (Lipinski definition) is 2. The summed E-state index contributed by atoms with van der Waals surface area (Å²) in [6, 6.07) is 9.06. The molecule has 0 saturated heterocycles. The van der Waals surface area contributed by atoms with E-state index in [0.717, 1.165) is 11.1 Å². The minimum absolute atomic E-state index is 0.448. The number of aryl methyl sites for hydroxylation is 1. The van der Waals surface area contributed by atoms with Crippen LogP contribution >= 0.6 is 0 Å². The first-order valence-corrected chi connectivity index (χ1v) is 7.51. The molecule has 0 aliphatic carbocycles. The number of furan rings is 1. The molecule has 1 atom stereocenters. The van der Waals surface area contributed by atoms with Gasteiger partial charge in [-0.2, -0.15) is 0 Å². The van der Waals surface area contributed by atoms with Gasteiger partial charge in [0.2, 0.25) is 0 Å². The Labute approximate surface area is 140 Å². The standard InChI is InChI=1S/C18H20N2O4/c1-12-6-4-8-16(13(12)2)24-14(3)18(22)20-19-17(21)10-9-15-7-5-11-23-15/h4-11,14H,1-3H3,(H,19,21)(H,20,22)/b10-9+/t14-/m0/s1. The Hall–Kier alpha value is -3.02. The van der Waals surface area contributed by atoms with Crippen molar-refractivity contribution >= 4 is 17.9 Å². The molecule has 0 fully saturated rings. The highest BCUT2D eigenvalue weighted by atomic mass is 16.5. The third-order valence-corrected chi connectivity index (χ3v) is 3.48. The molecule has 0 radical (unpaired) electrons. The van der Waals surface area contributed by atoms with Crippen LogP contribution in [0.25, 0.3) is 6.08 Å². The largest absolute Gasteiger partial charge is 0.481 e. The summed E-state index contributed by atoms with van der Waals surface area (Å²) in [6.45, 7) is 5.51. The van der Waals surface area contributed by atoms with Gasteiger partial charge in [-0.3, -0.25) is 20.4 Å². The smallest absolute Gasteiger partial charge is 0.279 e. The van der Waals surface area contributed by atoms with Crippen LogP contribution in [0.3, 0.4) is 0 Å². The van der Waals surface area contributed by atoms with Crippen molar-refractivity contribution in [1.82, 2.24) is 10.9 Å². The molecule has 2 N–H and O–H groups in total. The molecule has 2 amide bonds. The molecule has 2 rings (SSSR count). The van der Waals surface area contributed by atoms with Crippen LogP contribution in [0.15, 0.2) is 47.1 Å². The number of carbonyl (C=O) groups excluding carboxylic acids is 2. The number of benzene rings is 1. The molecule has 0 bridgehead atoms. The van der Waals surface area contributed by atoms with Gasteiger partial charge in [0, 0.05) is 6.08 Å². The molecule has 126 valence electrons. The Morgan fingerprint density at radius 2 is 1.96 bits per heavy atom. The topological polar surface area (TPSA) is 80.6 Å². The van der Waals surface area contributed by atoms with Gasteiger partial charge in [-0.25, -0.2) is 0 Å². The first kappa shape index (κ1) is 17.3. The second-order valence-electron chi connectivity index (χ2n) is 5.29. The quantitative estimate of drug-likeness (QED) is 0.653. The zero-order chi connectivity index (χ0) is 17.5. The fourth-order valence-electron chi connectivity index (χ4n) is 1.91. The third kappa shape index (κ3) is 4.74. The van der Waals surface area contributed by atoms with Crippen LogP contribution in [-0.4, -0.2) is 17.9 Å². The fraction of sp³-hybridized carbons (Fsp3) is 0.222. The molecule has 1 heterocycles. The van der Waals surface area contributed by atoms with Gasteiger partial charge in [-0.1, -0.05) is 12.1 Å². The van der Waals surface area contributed by atoms with Crippen molar-refractivity contribution in [3.8, 4) is 5.75 Å². The molecular formula is C18H20N2O4. The van der Waals surface area contributed by atoms with Crippen LogP contribution < -0.4 is 15.6 Å². The van der Waals surface area contributed by atoms with E-state index in [1.54, 1.807) is 25.1 Å². The highest BCUT2D eigenvalue weighted by Crippen LogP contribution is 2.21. The van der Waals surface area contributed by atoms with Gasteiger partial charge in [0.15, 0.2) is 6.10 Å². The summed E-state index contributed by atoms with van der Waals surface area (Å²) in [4.78, 5) is 23.6. The third-order valence-electron chi connectivity index (χ3n) is 3.48. The number of amides is 2. The van der Waals surface area contributed by atoms with E-state index in [4.69, 9.17) is 9.15 Å². The predicted octanol–water partition coefficient (Wildman–Crippen LogP) is 2.52. The number of hydrazine groups is 1. The average Bonchev–Trinajstić information content (AvgIpc) is 3.08. The molecule has 6 nitrogen and oxygen atoms in total. The lowest BCUT2D eigenvalue weighted by atomic mass is 10.1. The molecular weight excluding hydrogens is 308 g/mol. The molecule has 1 aromatic heterocycles. The Kier molecular flexibility index (Phi) is 5.78. The molecule has 0 aliphatic heterocycles. The van der Waals surface area contributed by atoms with Crippen molar-refractivity contribution in [2.75, 3.05) is 0 Å². The summed E-state index contributed by atoms with van der Waals surface area (Å²) in [5.74, 6) is 0.263. The van der Waals surface area contributed by atoms with Gasteiger partial charge in [0.25, 0.3) is 11.8 Å². The summed E-state index contributed by atoms with van der Waals surface area (Å²) in [5.41, 5.74) is 6.67. The number of carbonyl (C=O) groups is 2. The van der Waals surface area contributed by atoms with Crippen LogP contribution in [0.2, 0.25) is 0 Å². The SMILES string of the molecule is Cc1cccc(O[C@@H](C)C(=O)NNC(=O)/C=C/c2ccco2)c1C. The predicted molar refractivity (Wildman–Crippen MR) is 90.0 cm³/mol. The molecule has 1 aromatic carbocycles. The second-order valence-corrected chi connectivity index (χ2v) is 5.29. The van der Waals surface area contributed by atoms with E-state index in [9.17, 15) is 9.59 Å². The van der Waals surface area contributed by atoms with Crippen LogP contribution in [0.5, 0.6) is 5.75 Å². The molecule has 24 heavy (non-hydrogen) atoms. The zero-order valence-corrected chi connectivity index (χ0v) is 13.8. The van der Waals surface area contributed by atoms with E-state index in [-0.39, 0.29) is 0 Å². The Morgan fingerprint density at radius 1 is 1.17 bits per heavy atom. The van der Waals surface area contributed by atoms with E-state index in [1.165, 1.54) is 18.4 Å². The van der Waals surface area contributed by atoms with Crippen LogP contribution in [0, 0.1) is 13.8 Å². The molecule has 0 saturated carbocycles. The molecule has 0 spiro atoms. The Morgan fingerprint density at radius 3 is 2.67 bits per heavy atom. The van der Waals surface area contributed by atoms with Crippen LogP contribution in [0.4, 0.5) is 0 Å². The normalized spacial score (nSPS) is 12.0. The highest BCUT2D eigenvalue weighted by Gasteiger charge is 2.16. The number of ether oxygens (including phenoxy) is 1. The fourth-order valence-corrected chi connectivity index (χ4v) is 1.91. The van der Waals surface area contributed by atoms with Gasteiger partial charge in [-0.15, -0.1) is 0 Å². The number of rotatable bonds is 5. The molecule has 6 heteroatoms. The zero-order valence-electron chi connectivity index (χ0n) is 13.8. The maximum atomic E-state index is 12.0. The molecule has 0 unspecified atom stereocenters. The lowest BCUT2D eigenvalue weighted by molar-refractivity contribution is -0.131. The van der Waals surface area contributed by atoms with E-state index in [1.807, 2.05) is 26.0 Å². The van der Waals surface area contributed by atoms with E-state index in [2.05, 4.69) is 10.9 Å². The van der Waals surface area contributed by atoms with Crippen molar-refractivity contribution in [3.05, 3.63) is 59.6 Å². The first-order chi connectivity index (χ1) is 11.5. The summed E-state index contributed by atoms with van der Waals surface area (Å²) in [7, 11) is 0. The minimum atomic E-state index is -0.750. The molecule has 0 aliphatic rings. The summed E-state index contributed by atoms with van der Waals surface area (Å²) < 4.78 is 10.7. The van der Waals surface area contributed by atoms with E-state index >= 15 is 0 Å². The van der Waals surface area contributed by atoms with Crippen molar-refractivity contribution in [1.29, 1.82) is 0 Å². The average molecular weight is 328 g/mol. The number of hydrogen-bond acceptors (Lipinski definition) is 4. The van der Waals surface area contributed by atoms with Crippen molar-refractivity contribution in [2.24, 2.45) is 0 Å². The second kappa shape index (κ2) is 8.01. The van der Waals surface area contributed by atoms with Crippen molar-refractivity contribution in [2.45, 2.75) is 26.9 Å². The van der Waals surface area contributed by atoms with Crippen molar-refractivity contribution in [3.63, 3.8) is 0 Å². The molecule has 2 aromatic rings. The highest BCUT2D eigenvalue weighted by molar-refractivity contribution is 5.93. The Balaban J connectivity index is 1.83. The van der Waals surface area contributed by atoms with Crippen LogP contribution in [-0.2, 0) is 9.59 Å². The monoisotopic (exact) mass is 328 g/mol. The summed E-state index contributed by atoms with van der Waals surface area (Å²) >= 11 is 0. The summed E-state index contributed by atoms with van der Waals surface area (Å²) in [6.07, 6.45) is 3.51. The maximum Gasteiger partial charge on any atom is 0.279 e. The Bertz CT molecular complexity index is 735. The van der Waals surface area contributed by atoms with Gasteiger partial charge >= 0.3 is 0 Å². The van der Waals surface area contributed by atoms with E-state index < -0.39 is 17.9 Å². The maximum absolute atomic E-state index is 12.0. The minimum Gasteiger partial charge on any atom is -0.481 e. The lowest BCUT2D eigenvalue weighted by Gasteiger charge is -2.17. The van der Waals surface area contributed by atoms with Crippen LogP contribution in [0.1, 0.15) is 23.8 Å². The first-order valence-electron chi connectivity index (χ1n) is 7.51. The van der Waals surface area contributed by atoms with Gasteiger partial charge in [0.1, 0.15) is 11.5 Å². The number of nitrogens with one attached hydrogen (secondary N) is 2. The summed E-state index contributed by atoms with van der Waals surface area (Å²) in [5, 5.41) is 0. The van der Waals surface area contributed by atoms with Crippen molar-refractivity contribution < 1.29 is 18.7 Å². The van der Waals surface area contributed by atoms with E-state index in [0.29, 0.717) is 11.5 Å². The van der Waals surface area contributed by atoms with Gasteiger partial charge in [-0.05, 0) is 56.2 Å². The van der Waals surface area contributed by atoms with Gasteiger partial charge < -0.3 is 9.15 Å². The lowest BCUT2D eigenvalue weighted by Crippen LogP contribution is -2.46.